The normalized spacial score (nSPS) is 11.7. The maximum absolute atomic E-state index is 12.5. The Morgan fingerprint density at radius 1 is 1.26 bits per heavy atom. The van der Waals surface area contributed by atoms with Gasteiger partial charge in [-0.3, -0.25) is 0 Å². The summed E-state index contributed by atoms with van der Waals surface area (Å²) in [4.78, 5) is 10.8. The lowest BCUT2D eigenvalue weighted by Gasteiger charge is -2.14. The number of alkyl halides is 6. The number of ether oxygens (including phenoxy) is 2. The molecule has 0 aliphatic heterocycles. The van der Waals surface area contributed by atoms with Crippen molar-refractivity contribution in [3.05, 3.63) is 23.3 Å². The van der Waals surface area contributed by atoms with Gasteiger partial charge in [0.1, 0.15) is 11.8 Å². The van der Waals surface area contributed by atoms with E-state index in [0.29, 0.717) is 12.1 Å². The molecule has 0 saturated heterocycles. The number of hydrogen-bond donors (Lipinski definition) is 0. The summed E-state index contributed by atoms with van der Waals surface area (Å²) in [6.45, 7) is 1.20. The molecule has 23 heavy (non-hydrogen) atoms. The molecule has 0 heterocycles. The van der Waals surface area contributed by atoms with Gasteiger partial charge < -0.3 is 9.47 Å². The Morgan fingerprint density at radius 2 is 1.87 bits per heavy atom. The molecule has 0 aliphatic rings. The van der Waals surface area contributed by atoms with Gasteiger partial charge in [-0.25, -0.2) is 4.79 Å². The second kappa shape index (κ2) is 6.99. The van der Waals surface area contributed by atoms with Gasteiger partial charge in [-0.15, -0.1) is 13.2 Å². The zero-order chi connectivity index (χ0) is 17.8. The quantitative estimate of drug-likeness (QED) is 0.457. The first-order valence-electron chi connectivity index (χ1n) is 5.73. The molecule has 0 radical (unpaired) electrons. The van der Waals surface area contributed by atoms with Crippen molar-refractivity contribution in [1.82, 2.24) is 0 Å². The molecular formula is C12H7F6NO3S. The number of esters is 1. The minimum Gasteiger partial charge on any atom is -0.462 e. The minimum atomic E-state index is -5.18. The summed E-state index contributed by atoms with van der Waals surface area (Å²) in [7, 11) is 0. The Kier molecular flexibility index (Phi) is 5.76. The highest BCUT2D eigenvalue weighted by molar-refractivity contribution is 8.00. The fraction of sp³-hybridized carbons (Fsp3) is 0.333. The van der Waals surface area contributed by atoms with Crippen molar-refractivity contribution in [1.29, 1.82) is 5.26 Å². The summed E-state index contributed by atoms with van der Waals surface area (Å²) < 4.78 is 82.2. The van der Waals surface area contributed by atoms with Crippen LogP contribution >= 0.6 is 11.8 Å². The Morgan fingerprint density at radius 3 is 2.30 bits per heavy atom. The summed E-state index contributed by atoms with van der Waals surface area (Å²) in [6.07, 6.45) is -5.18. The first-order chi connectivity index (χ1) is 10.5. The first-order valence-corrected chi connectivity index (χ1v) is 6.55. The van der Waals surface area contributed by atoms with Crippen LogP contribution < -0.4 is 4.74 Å². The van der Waals surface area contributed by atoms with Crippen LogP contribution in [0.4, 0.5) is 26.3 Å². The van der Waals surface area contributed by atoms with Crippen LogP contribution in [0.1, 0.15) is 22.8 Å². The average Bonchev–Trinajstić information content (AvgIpc) is 2.34. The third-order valence-corrected chi connectivity index (χ3v) is 2.92. The van der Waals surface area contributed by atoms with E-state index in [1.165, 1.54) is 13.0 Å². The van der Waals surface area contributed by atoms with E-state index in [-0.39, 0.29) is 6.61 Å². The highest BCUT2D eigenvalue weighted by Crippen LogP contribution is 2.41. The molecule has 1 aromatic rings. The van der Waals surface area contributed by atoms with Crippen LogP contribution in [0.3, 0.4) is 0 Å². The van der Waals surface area contributed by atoms with Gasteiger partial charge >= 0.3 is 17.8 Å². The summed E-state index contributed by atoms with van der Waals surface area (Å²) in [5.74, 6) is -2.30. The topological polar surface area (TPSA) is 59.3 Å². The van der Waals surface area contributed by atoms with Crippen molar-refractivity contribution in [3.63, 3.8) is 0 Å². The maximum atomic E-state index is 12.5. The van der Waals surface area contributed by atoms with Crippen molar-refractivity contribution >= 4 is 17.7 Å². The van der Waals surface area contributed by atoms with Gasteiger partial charge in [-0.2, -0.15) is 18.4 Å². The molecule has 1 rings (SSSR count). The van der Waals surface area contributed by atoms with Crippen LogP contribution in [0, 0.1) is 11.3 Å². The third-order valence-electron chi connectivity index (χ3n) is 2.14. The molecule has 0 fully saturated rings. The van der Waals surface area contributed by atoms with Crippen molar-refractivity contribution in [2.75, 3.05) is 6.61 Å². The number of nitrogens with zero attached hydrogens (tertiary/aromatic N) is 1. The van der Waals surface area contributed by atoms with Gasteiger partial charge in [-0.05, 0) is 30.8 Å². The maximum Gasteiger partial charge on any atom is 0.573 e. The van der Waals surface area contributed by atoms with Gasteiger partial charge in [0, 0.05) is 4.90 Å². The van der Waals surface area contributed by atoms with E-state index in [1.807, 2.05) is 0 Å². The number of carbonyl (C=O) groups excluding carboxylic acids is 1. The molecule has 0 spiro atoms. The molecule has 0 N–H and O–H groups in total. The SMILES string of the molecule is CCOC(=O)c1cc(OC(F)(F)F)cc(SC(F)(F)F)c1C#N. The van der Waals surface area contributed by atoms with Crippen molar-refractivity contribution < 1.29 is 40.6 Å². The molecule has 0 aromatic heterocycles. The Bertz CT molecular complexity index is 635. The Labute approximate surface area is 130 Å². The van der Waals surface area contributed by atoms with E-state index in [1.54, 1.807) is 0 Å². The average molecular weight is 359 g/mol. The van der Waals surface area contributed by atoms with Crippen LogP contribution in [-0.4, -0.2) is 24.4 Å². The predicted molar refractivity (Wildman–Crippen MR) is 65.7 cm³/mol. The Balaban J connectivity index is 3.47. The van der Waals surface area contributed by atoms with Crippen LogP contribution in [-0.2, 0) is 4.74 Å². The van der Waals surface area contributed by atoms with E-state index in [4.69, 9.17) is 5.26 Å². The lowest BCUT2D eigenvalue weighted by molar-refractivity contribution is -0.274. The summed E-state index contributed by atoms with van der Waals surface area (Å²) in [5, 5.41) is 8.94. The summed E-state index contributed by atoms with van der Waals surface area (Å²) in [6, 6.07) is 2.24. The minimum absolute atomic E-state index is 0.185. The largest absolute Gasteiger partial charge is 0.573 e. The van der Waals surface area contributed by atoms with Gasteiger partial charge in [0.25, 0.3) is 0 Å². The number of nitriles is 1. The van der Waals surface area contributed by atoms with Gasteiger partial charge in [-0.1, -0.05) is 0 Å². The fourth-order valence-corrected chi connectivity index (χ4v) is 2.16. The lowest BCUT2D eigenvalue weighted by Crippen LogP contribution is -2.18. The standard InChI is InChI=1S/C12H7F6NO3S/c1-2-21-10(20)7-3-6(22-11(13,14)15)4-9(8(7)5-19)23-12(16,17)18/h3-4H,2H2,1H3. The fourth-order valence-electron chi connectivity index (χ4n) is 1.47. The molecule has 0 amide bonds. The van der Waals surface area contributed by atoms with Gasteiger partial charge in [0.15, 0.2) is 0 Å². The first kappa shape index (κ1) is 19.0. The number of carbonyl (C=O) groups is 1. The van der Waals surface area contributed by atoms with E-state index < -0.39 is 51.4 Å². The molecule has 0 saturated carbocycles. The second-order valence-corrected chi connectivity index (χ2v) is 4.88. The van der Waals surface area contributed by atoms with Crippen molar-refractivity contribution in [3.8, 4) is 11.8 Å². The zero-order valence-electron chi connectivity index (χ0n) is 11.2. The number of hydrogen-bond acceptors (Lipinski definition) is 5. The van der Waals surface area contributed by atoms with Crippen LogP contribution in [0.2, 0.25) is 0 Å². The van der Waals surface area contributed by atoms with E-state index in [0.717, 1.165) is 0 Å². The molecule has 126 valence electrons. The predicted octanol–water partition coefficient (Wildman–Crippen LogP) is 4.25. The highest BCUT2D eigenvalue weighted by atomic mass is 32.2. The van der Waals surface area contributed by atoms with Crippen molar-refractivity contribution in [2.45, 2.75) is 23.7 Å². The van der Waals surface area contributed by atoms with Gasteiger partial charge in [0.05, 0.1) is 17.7 Å². The lowest BCUT2D eigenvalue weighted by atomic mass is 10.1. The van der Waals surface area contributed by atoms with E-state index in [9.17, 15) is 31.1 Å². The number of rotatable bonds is 4. The van der Waals surface area contributed by atoms with Crippen molar-refractivity contribution in [2.24, 2.45) is 0 Å². The molecule has 1 aromatic carbocycles. The smallest absolute Gasteiger partial charge is 0.462 e. The Hall–Kier alpha value is -2.09. The number of benzene rings is 1. The third kappa shape index (κ3) is 5.90. The summed E-state index contributed by atoms with van der Waals surface area (Å²) >= 11 is -0.836. The van der Waals surface area contributed by atoms with Crippen LogP contribution in [0.25, 0.3) is 0 Å². The molecule has 11 heteroatoms. The zero-order valence-corrected chi connectivity index (χ0v) is 12.0. The van der Waals surface area contributed by atoms with E-state index in [2.05, 4.69) is 9.47 Å². The molecule has 0 bridgehead atoms. The monoisotopic (exact) mass is 359 g/mol. The molecule has 0 aliphatic carbocycles. The second-order valence-electron chi connectivity index (χ2n) is 3.77. The molecular weight excluding hydrogens is 352 g/mol. The van der Waals surface area contributed by atoms with E-state index >= 15 is 0 Å². The van der Waals surface area contributed by atoms with Crippen LogP contribution in [0.15, 0.2) is 17.0 Å². The van der Waals surface area contributed by atoms with Gasteiger partial charge in [0.2, 0.25) is 0 Å². The molecule has 0 atom stereocenters. The molecule has 4 nitrogen and oxygen atoms in total. The number of halogens is 6. The molecule has 0 unspecified atom stereocenters. The summed E-state index contributed by atoms with van der Waals surface area (Å²) in [5.41, 5.74) is -6.38. The highest BCUT2D eigenvalue weighted by Gasteiger charge is 2.35. The number of thioether (sulfide) groups is 1. The van der Waals surface area contributed by atoms with Crippen LogP contribution in [0.5, 0.6) is 5.75 Å².